The van der Waals surface area contributed by atoms with E-state index in [0.29, 0.717) is 0 Å². The summed E-state index contributed by atoms with van der Waals surface area (Å²) in [6, 6.07) is 3.50. The minimum absolute atomic E-state index is 0.222. The van der Waals surface area contributed by atoms with Gasteiger partial charge in [0.15, 0.2) is 11.5 Å². The van der Waals surface area contributed by atoms with E-state index in [-0.39, 0.29) is 11.5 Å². The van der Waals surface area contributed by atoms with Gasteiger partial charge in [-0.1, -0.05) is 0 Å². The highest BCUT2D eigenvalue weighted by molar-refractivity contribution is 5.62. The van der Waals surface area contributed by atoms with Crippen LogP contribution in [-0.2, 0) is 0 Å². The Bertz CT molecular complexity index is 376. The zero-order chi connectivity index (χ0) is 11.5. The first-order valence-corrected chi connectivity index (χ1v) is 5.43. The van der Waals surface area contributed by atoms with Crippen LogP contribution in [-0.4, -0.2) is 27.3 Å². The summed E-state index contributed by atoms with van der Waals surface area (Å²) in [7, 11) is 2.94. The molecule has 0 atom stereocenters. The van der Waals surface area contributed by atoms with Gasteiger partial charge in [-0.3, -0.25) is 0 Å². The van der Waals surface area contributed by atoms with Crippen molar-refractivity contribution in [3.63, 3.8) is 0 Å². The summed E-state index contributed by atoms with van der Waals surface area (Å²) in [6.07, 6.45) is 2.30. The third-order valence-corrected chi connectivity index (χ3v) is 2.91. The summed E-state index contributed by atoms with van der Waals surface area (Å²) >= 11 is 0. The van der Waals surface area contributed by atoms with Crippen LogP contribution in [0.2, 0.25) is 0 Å². The van der Waals surface area contributed by atoms with Gasteiger partial charge in [-0.15, -0.1) is 0 Å². The number of methoxy groups -OCH3 is 2. The van der Waals surface area contributed by atoms with Gasteiger partial charge in [-0.2, -0.15) is 4.39 Å². The van der Waals surface area contributed by atoms with Crippen LogP contribution in [0.5, 0.6) is 11.5 Å². The third kappa shape index (κ3) is 1.79. The smallest absolute Gasteiger partial charge is 0.208 e. The molecule has 1 aromatic carbocycles. The van der Waals surface area contributed by atoms with E-state index in [2.05, 4.69) is 4.90 Å². The van der Waals surface area contributed by atoms with Crippen molar-refractivity contribution in [1.29, 1.82) is 0 Å². The van der Waals surface area contributed by atoms with Gasteiger partial charge in [0.25, 0.3) is 0 Å². The Kier molecular flexibility index (Phi) is 3.17. The number of hydrogen-bond acceptors (Lipinski definition) is 3. The van der Waals surface area contributed by atoms with Crippen molar-refractivity contribution in [2.75, 3.05) is 32.2 Å². The van der Waals surface area contributed by atoms with Crippen LogP contribution in [0.3, 0.4) is 0 Å². The summed E-state index contributed by atoms with van der Waals surface area (Å²) in [5.74, 6) is 0.0791. The van der Waals surface area contributed by atoms with E-state index in [4.69, 9.17) is 9.47 Å². The number of nitrogens with zero attached hydrogens (tertiary/aromatic N) is 1. The van der Waals surface area contributed by atoms with Crippen LogP contribution < -0.4 is 14.4 Å². The molecule has 0 unspecified atom stereocenters. The lowest BCUT2D eigenvalue weighted by Crippen LogP contribution is -2.18. The standard InChI is InChI=1S/C12H16FNO2/c1-15-10-6-5-9(12(16-2)11(10)13)14-7-3-4-8-14/h5-6H,3-4,7-8H2,1-2H3. The highest BCUT2D eigenvalue weighted by Gasteiger charge is 2.21. The largest absolute Gasteiger partial charge is 0.494 e. The zero-order valence-electron chi connectivity index (χ0n) is 9.62. The molecular weight excluding hydrogens is 209 g/mol. The molecule has 1 aliphatic rings. The van der Waals surface area contributed by atoms with Crippen molar-refractivity contribution in [1.82, 2.24) is 0 Å². The molecule has 4 heteroatoms. The average Bonchev–Trinajstić information content (AvgIpc) is 2.82. The number of rotatable bonds is 3. The maximum absolute atomic E-state index is 13.9. The molecule has 3 nitrogen and oxygen atoms in total. The summed E-state index contributed by atoms with van der Waals surface area (Å²) in [5.41, 5.74) is 0.818. The monoisotopic (exact) mass is 225 g/mol. The van der Waals surface area contributed by atoms with Gasteiger partial charge in [-0.05, 0) is 25.0 Å². The van der Waals surface area contributed by atoms with Gasteiger partial charge in [0, 0.05) is 13.1 Å². The second kappa shape index (κ2) is 4.60. The third-order valence-electron chi connectivity index (χ3n) is 2.91. The molecule has 0 bridgehead atoms. The minimum atomic E-state index is -0.422. The molecule has 0 amide bonds. The number of benzene rings is 1. The van der Waals surface area contributed by atoms with Gasteiger partial charge in [0.05, 0.1) is 19.9 Å². The number of hydrogen-bond donors (Lipinski definition) is 0. The lowest BCUT2D eigenvalue weighted by Gasteiger charge is -2.21. The van der Waals surface area contributed by atoms with Crippen LogP contribution in [0.1, 0.15) is 12.8 Å². The molecule has 1 heterocycles. The molecule has 0 radical (unpaired) electrons. The maximum atomic E-state index is 13.9. The number of ether oxygens (including phenoxy) is 2. The molecule has 0 spiro atoms. The van der Waals surface area contributed by atoms with E-state index >= 15 is 0 Å². The van der Waals surface area contributed by atoms with E-state index in [1.165, 1.54) is 14.2 Å². The summed E-state index contributed by atoms with van der Waals surface area (Å²) in [5, 5.41) is 0. The van der Waals surface area contributed by atoms with Crippen molar-refractivity contribution in [3.05, 3.63) is 17.9 Å². The fourth-order valence-corrected chi connectivity index (χ4v) is 2.09. The van der Waals surface area contributed by atoms with Gasteiger partial charge < -0.3 is 14.4 Å². The molecule has 1 fully saturated rings. The van der Waals surface area contributed by atoms with Crippen molar-refractivity contribution in [3.8, 4) is 11.5 Å². The van der Waals surface area contributed by atoms with Crippen LogP contribution >= 0.6 is 0 Å². The molecule has 1 aromatic rings. The lowest BCUT2D eigenvalue weighted by molar-refractivity contribution is 0.351. The molecule has 2 rings (SSSR count). The lowest BCUT2D eigenvalue weighted by atomic mass is 10.2. The van der Waals surface area contributed by atoms with Crippen molar-refractivity contribution < 1.29 is 13.9 Å². The maximum Gasteiger partial charge on any atom is 0.208 e. The van der Waals surface area contributed by atoms with E-state index in [1.54, 1.807) is 6.07 Å². The van der Waals surface area contributed by atoms with Gasteiger partial charge >= 0.3 is 0 Å². The molecule has 0 saturated carbocycles. The Morgan fingerprint density at radius 3 is 2.38 bits per heavy atom. The Morgan fingerprint density at radius 1 is 1.12 bits per heavy atom. The van der Waals surface area contributed by atoms with E-state index in [1.807, 2.05) is 6.07 Å². The van der Waals surface area contributed by atoms with Crippen LogP contribution in [0, 0.1) is 5.82 Å². The molecule has 88 valence electrons. The predicted octanol–water partition coefficient (Wildman–Crippen LogP) is 2.44. The zero-order valence-corrected chi connectivity index (χ0v) is 9.62. The number of halogens is 1. The van der Waals surface area contributed by atoms with E-state index < -0.39 is 5.82 Å². The van der Waals surface area contributed by atoms with Crippen LogP contribution in [0.4, 0.5) is 10.1 Å². The second-order valence-electron chi connectivity index (χ2n) is 3.83. The first-order valence-electron chi connectivity index (χ1n) is 5.43. The molecular formula is C12H16FNO2. The van der Waals surface area contributed by atoms with Crippen LogP contribution in [0.15, 0.2) is 12.1 Å². The molecule has 16 heavy (non-hydrogen) atoms. The fourth-order valence-electron chi connectivity index (χ4n) is 2.09. The van der Waals surface area contributed by atoms with Crippen LogP contribution in [0.25, 0.3) is 0 Å². The summed E-state index contributed by atoms with van der Waals surface area (Å²) in [6.45, 7) is 1.92. The Hall–Kier alpha value is -1.45. The van der Waals surface area contributed by atoms with Gasteiger partial charge in [-0.25, -0.2) is 0 Å². The molecule has 0 aromatic heterocycles. The summed E-state index contributed by atoms with van der Waals surface area (Å²) in [4.78, 5) is 2.14. The van der Waals surface area contributed by atoms with E-state index in [0.717, 1.165) is 31.6 Å². The quantitative estimate of drug-likeness (QED) is 0.788. The average molecular weight is 225 g/mol. The topological polar surface area (TPSA) is 21.7 Å². The van der Waals surface area contributed by atoms with E-state index in [9.17, 15) is 4.39 Å². The highest BCUT2D eigenvalue weighted by Crippen LogP contribution is 2.37. The first-order chi connectivity index (χ1) is 7.77. The normalized spacial score (nSPS) is 15.3. The Balaban J connectivity index is 2.40. The first kappa shape index (κ1) is 11.0. The Labute approximate surface area is 94.8 Å². The number of anilines is 1. The molecule has 0 aliphatic carbocycles. The van der Waals surface area contributed by atoms with Crippen molar-refractivity contribution in [2.45, 2.75) is 12.8 Å². The second-order valence-corrected chi connectivity index (χ2v) is 3.83. The Morgan fingerprint density at radius 2 is 1.81 bits per heavy atom. The van der Waals surface area contributed by atoms with Gasteiger partial charge in [0.1, 0.15) is 0 Å². The van der Waals surface area contributed by atoms with Gasteiger partial charge in [0.2, 0.25) is 5.82 Å². The SMILES string of the molecule is COc1ccc(N2CCCC2)c(OC)c1F. The fraction of sp³-hybridized carbons (Fsp3) is 0.500. The van der Waals surface area contributed by atoms with Crippen molar-refractivity contribution in [2.24, 2.45) is 0 Å². The van der Waals surface area contributed by atoms with Crippen molar-refractivity contribution >= 4 is 5.69 Å². The molecule has 0 N–H and O–H groups in total. The highest BCUT2D eigenvalue weighted by atomic mass is 19.1. The molecule has 1 saturated heterocycles. The summed E-state index contributed by atoms with van der Waals surface area (Å²) < 4.78 is 24.0. The predicted molar refractivity (Wildman–Crippen MR) is 61.0 cm³/mol. The molecule has 1 aliphatic heterocycles. The minimum Gasteiger partial charge on any atom is -0.494 e.